The number of benzene rings is 1. The lowest BCUT2D eigenvalue weighted by Gasteiger charge is -2.02. The highest BCUT2D eigenvalue weighted by atomic mass is 32.1. The number of hydrogen-bond donors (Lipinski definition) is 0. The van der Waals surface area contributed by atoms with Crippen LogP contribution in [-0.2, 0) is 6.54 Å². The van der Waals surface area contributed by atoms with Gasteiger partial charge in [0.15, 0.2) is 0 Å². The number of hydrogen-bond acceptors (Lipinski definition) is 2. The van der Waals surface area contributed by atoms with Gasteiger partial charge in [0.2, 0.25) is 0 Å². The molecule has 2 nitrogen and oxygen atoms in total. The molecule has 0 amide bonds. The summed E-state index contributed by atoms with van der Waals surface area (Å²) < 4.78 is 15.2. The number of aromatic nitrogens is 2. The standard InChI is InChI=1S/C13H11FN2S/c1-9-15-12(8-17-9)7-16-5-4-10-2-3-11(14)6-13(10)16/h2-6,8H,7H2,1H3. The second-order valence-corrected chi connectivity index (χ2v) is 5.07. The maximum Gasteiger partial charge on any atom is 0.125 e. The molecule has 2 heterocycles. The molecule has 2 aromatic heterocycles. The van der Waals surface area contributed by atoms with Gasteiger partial charge < -0.3 is 4.57 Å². The highest BCUT2D eigenvalue weighted by Gasteiger charge is 2.05. The summed E-state index contributed by atoms with van der Waals surface area (Å²) in [5.74, 6) is -0.202. The molecule has 0 N–H and O–H groups in total. The van der Waals surface area contributed by atoms with Gasteiger partial charge in [0, 0.05) is 11.6 Å². The van der Waals surface area contributed by atoms with Gasteiger partial charge in [0.05, 0.1) is 22.8 Å². The largest absolute Gasteiger partial charge is 0.341 e. The van der Waals surface area contributed by atoms with Crippen molar-refractivity contribution in [1.82, 2.24) is 9.55 Å². The summed E-state index contributed by atoms with van der Waals surface area (Å²) in [5.41, 5.74) is 1.94. The summed E-state index contributed by atoms with van der Waals surface area (Å²) in [6, 6.07) is 6.84. The van der Waals surface area contributed by atoms with Crippen LogP contribution in [0.25, 0.3) is 10.9 Å². The molecule has 4 heteroatoms. The minimum absolute atomic E-state index is 0.202. The number of fused-ring (bicyclic) bond motifs is 1. The van der Waals surface area contributed by atoms with E-state index < -0.39 is 0 Å². The predicted octanol–water partition coefficient (Wildman–Crippen LogP) is 3.59. The Balaban J connectivity index is 2.03. The van der Waals surface area contributed by atoms with Crippen LogP contribution in [0.4, 0.5) is 4.39 Å². The summed E-state index contributed by atoms with van der Waals surface area (Å²) in [4.78, 5) is 4.42. The van der Waals surface area contributed by atoms with Crippen LogP contribution < -0.4 is 0 Å². The van der Waals surface area contributed by atoms with E-state index in [1.54, 1.807) is 23.5 Å². The first-order valence-corrected chi connectivity index (χ1v) is 6.26. The van der Waals surface area contributed by atoms with Crippen molar-refractivity contribution in [2.24, 2.45) is 0 Å². The van der Waals surface area contributed by atoms with Gasteiger partial charge in [-0.1, -0.05) is 0 Å². The summed E-state index contributed by atoms with van der Waals surface area (Å²) >= 11 is 1.64. The van der Waals surface area contributed by atoms with Crippen LogP contribution in [0.5, 0.6) is 0 Å². The Kier molecular flexibility index (Phi) is 2.44. The maximum absolute atomic E-state index is 13.2. The number of aryl methyl sites for hydroxylation is 1. The van der Waals surface area contributed by atoms with Gasteiger partial charge >= 0.3 is 0 Å². The molecule has 0 saturated carbocycles. The zero-order valence-corrected chi connectivity index (χ0v) is 10.2. The van der Waals surface area contributed by atoms with E-state index >= 15 is 0 Å². The lowest BCUT2D eigenvalue weighted by molar-refractivity contribution is 0.628. The zero-order valence-electron chi connectivity index (χ0n) is 9.35. The SMILES string of the molecule is Cc1nc(Cn2ccc3ccc(F)cc32)cs1. The molecule has 0 atom stereocenters. The van der Waals surface area contributed by atoms with Gasteiger partial charge in [-0.25, -0.2) is 9.37 Å². The van der Waals surface area contributed by atoms with Gasteiger partial charge in [-0.3, -0.25) is 0 Å². The van der Waals surface area contributed by atoms with Crippen LogP contribution in [0, 0.1) is 12.7 Å². The molecule has 0 aliphatic rings. The van der Waals surface area contributed by atoms with Crippen molar-refractivity contribution in [1.29, 1.82) is 0 Å². The molecule has 0 radical (unpaired) electrons. The minimum atomic E-state index is -0.202. The molecule has 0 fully saturated rings. The fourth-order valence-electron chi connectivity index (χ4n) is 1.95. The Hall–Kier alpha value is -1.68. The number of rotatable bonds is 2. The van der Waals surface area contributed by atoms with Gasteiger partial charge in [0.25, 0.3) is 0 Å². The van der Waals surface area contributed by atoms with Crippen molar-refractivity contribution in [3.8, 4) is 0 Å². The number of nitrogens with zero attached hydrogens (tertiary/aromatic N) is 2. The van der Waals surface area contributed by atoms with E-state index in [9.17, 15) is 4.39 Å². The van der Waals surface area contributed by atoms with Crippen LogP contribution in [0.15, 0.2) is 35.8 Å². The third-order valence-electron chi connectivity index (χ3n) is 2.73. The van der Waals surface area contributed by atoms with Crippen LogP contribution in [0.1, 0.15) is 10.7 Å². The average Bonchev–Trinajstić information content (AvgIpc) is 2.87. The lowest BCUT2D eigenvalue weighted by Crippen LogP contribution is -1.98. The van der Waals surface area contributed by atoms with Crippen LogP contribution in [0.2, 0.25) is 0 Å². The highest BCUT2D eigenvalue weighted by molar-refractivity contribution is 7.09. The summed E-state index contributed by atoms with van der Waals surface area (Å²) in [6.07, 6.45) is 1.97. The fourth-order valence-corrected chi connectivity index (χ4v) is 2.55. The molecule has 0 unspecified atom stereocenters. The average molecular weight is 246 g/mol. The molecular weight excluding hydrogens is 235 g/mol. The Morgan fingerprint density at radius 1 is 1.35 bits per heavy atom. The monoisotopic (exact) mass is 246 g/mol. The van der Waals surface area contributed by atoms with Crippen molar-refractivity contribution in [3.05, 3.63) is 52.4 Å². The van der Waals surface area contributed by atoms with E-state index in [0.29, 0.717) is 6.54 Å². The highest BCUT2D eigenvalue weighted by Crippen LogP contribution is 2.19. The Morgan fingerprint density at radius 2 is 2.24 bits per heavy atom. The van der Waals surface area contributed by atoms with E-state index in [4.69, 9.17) is 0 Å². The smallest absolute Gasteiger partial charge is 0.125 e. The molecule has 86 valence electrons. The number of halogens is 1. The topological polar surface area (TPSA) is 17.8 Å². The quantitative estimate of drug-likeness (QED) is 0.675. The van der Waals surface area contributed by atoms with Crippen LogP contribution >= 0.6 is 11.3 Å². The van der Waals surface area contributed by atoms with Crippen molar-refractivity contribution in [2.75, 3.05) is 0 Å². The third-order valence-corrected chi connectivity index (χ3v) is 3.56. The van der Waals surface area contributed by atoms with Gasteiger partial charge in [-0.2, -0.15) is 0 Å². The predicted molar refractivity (Wildman–Crippen MR) is 67.8 cm³/mol. The van der Waals surface area contributed by atoms with Gasteiger partial charge in [-0.15, -0.1) is 11.3 Å². The third kappa shape index (κ3) is 1.96. The molecule has 0 saturated heterocycles. The normalized spacial score (nSPS) is 11.2. The minimum Gasteiger partial charge on any atom is -0.341 e. The van der Waals surface area contributed by atoms with Crippen molar-refractivity contribution >= 4 is 22.2 Å². The molecule has 17 heavy (non-hydrogen) atoms. The zero-order chi connectivity index (χ0) is 11.8. The Morgan fingerprint density at radius 3 is 3.00 bits per heavy atom. The summed E-state index contributed by atoms with van der Waals surface area (Å²) in [7, 11) is 0. The first-order chi connectivity index (χ1) is 8.22. The van der Waals surface area contributed by atoms with Crippen molar-refractivity contribution < 1.29 is 4.39 Å². The first-order valence-electron chi connectivity index (χ1n) is 5.38. The van der Waals surface area contributed by atoms with E-state index in [1.165, 1.54) is 6.07 Å². The van der Waals surface area contributed by atoms with Crippen molar-refractivity contribution in [2.45, 2.75) is 13.5 Å². The van der Waals surface area contributed by atoms with E-state index in [1.807, 2.05) is 29.1 Å². The second-order valence-electron chi connectivity index (χ2n) is 4.00. The Bertz CT molecular complexity index is 669. The molecule has 0 aliphatic carbocycles. The molecule has 0 spiro atoms. The number of thiazole rings is 1. The van der Waals surface area contributed by atoms with E-state index in [-0.39, 0.29) is 5.82 Å². The summed E-state index contributed by atoms with van der Waals surface area (Å²) in [5, 5.41) is 4.15. The Labute approximate surface area is 102 Å². The van der Waals surface area contributed by atoms with E-state index in [2.05, 4.69) is 4.98 Å². The van der Waals surface area contributed by atoms with Gasteiger partial charge in [-0.05, 0) is 36.6 Å². The first kappa shape index (κ1) is 10.5. The molecule has 0 aliphatic heterocycles. The molecule has 0 bridgehead atoms. The van der Waals surface area contributed by atoms with Crippen molar-refractivity contribution in [3.63, 3.8) is 0 Å². The molecule has 1 aromatic carbocycles. The van der Waals surface area contributed by atoms with E-state index in [0.717, 1.165) is 21.6 Å². The fraction of sp³-hybridized carbons (Fsp3) is 0.154. The maximum atomic E-state index is 13.2. The van der Waals surface area contributed by atoms with Gasteiger partial charge in [0.1, 0.15) is 5.82 Å². The molecule has 3 aromatic rings. The van der Waals surface area contributed by atoms with Crippen LogP contribution in [-0.4, -0.2) is 9.55 Å². The lowest BCUT2D eigenvalue weighted by atomic mass is 10.2. The molecular formula is C13H11FN2S. The second kappa shape index (κ2) is 3.96. The summed E-state index contributed by atoms with van der Waals surface area (Å²) in [6.45, 7) is 2.68. The molecule has 3 rings (SSSR count). The van der Waals surface area contributed by atoms with Crippen LogP contribution in [0.3, 0.4) is 0 Å².